The lowest BCUT2D eigenvalue weighted by Gasteiger charge is -2.12. The number of nitrogens with two attached hydrogens (primary N) is 1. The molecule has 0 bridgehead atoms. The van der Waals surface area contributed by atoms with E-state index < -0.39 is 18.9 Å². The maximum absolute atomic E-state index is 12.2. The van der Waals surface area contributed by atoms with Gasteiger partial charge in [-0.2, -0.15) is 8.78 Å². The summed E-state index contributed by atoms with van der Waals surface area (Å²) in [4.78, 5) is 3.06. The summed E-state index contributed by atoms with van der Waals surface area (Å²) in [7, 11) is 0. The summed E-state index contributed by atoms with van der Waals surface area (Å²) in [6, 6.07) is 0. The van der Waals surface area contributed by atoms with Crippen molar-refractivity contribution in [3.05, 3.63) is 0 Å². The molecule has 0 aromatic heterocycles. The Labute approximate surface area is 73.0 Å². The molecule has 3 N–H and O–H groups in total. The van der Waals surface area contributed by atoms with Crippen LogP contribution < -0.4 is 11.1 Å². The zero-order valence-corrected chi connectivity index (χ0v) is 7.03. The van der Waals surface area contributed by atoms with Crippen LogP contribution in [0.3, 0.4) is 0 Å². The van der Waals surface area contributed by atoms with Crippen molar-refractivity contribution in [2.45, 2.75) is 19.3 Å². The molecule has 0 aromatic carbocycles. The Bertz CT molecular complexity index is 181. The van der Waals surface area contributed by atoms with Crippen molar-refractivity contribution >= 4 is 5.96 Å². The second-order valence-corrected chi connectivity index (χ2v) is 2.29. The van der Waals surface area contributed by atoms with Crippen LogP contribution in [0.15, 0.2) is 4.99 Å². The number of rotatable bonds is 4. The van der Waals surface area contributed by atoms with E-state index in [1.165, 1.54) is 0 Å². The van der Waals surface area contributed by atoms with Gasteiger partial charge in [-0.25, -0.2) is 13.8 Å². The maximum atomic E-state index is 12.2. The lowest BCUT2D eigenvalue weighted by molar-refractivity contribution is -0.120. The third-order valence-corrected chi connectivity index (χ3v) is 1.14. The normalized spacial score (nSPS) is 13.5. The Hall–Kier alpha value is -1.01. The number of nitrogens with zero attached hydrogens (tertiary/aromatic N) is 1. The van der Waals surface area contributed by atoms with Crippen molar-refractivity contribution in [3.63, 3.8) is 0 Å². The highest BCUT2D eigenvalue weighted by Crippen LogP contribution is 2.22. The zero-order chi connectivity index (χ0) is 10.5. The van der Waals surface area contributed by atoms with Crippen molar-refractivity contribution in [3.8, 4) is 0 Å². The summed E-state index contributed by atoms with van der Waals surface area (Å²) < 4.78 is 47.5. The van der Waals surface area contributed by atoms with Crippen LogP contribution in [0, 0.1) is 0 Å². The number of aliphatic imine (C=N–C) groups is 1. The van der Waals surface area contributed by atoms with Gasteiger partial charge in [0.2, 0.25) is 0 Å². The predicted molar refractivity (Wildman–Crippen MR) is 41.1 cm³/mol. The summed E-state index contributed by atoms with van der Waals surface area (Å²) >= 11 is 0. The largest absolute Gasteiger partial charge is 0.370 e. The average molecular weight is 201 g/mol. The van der Waals surface area contributed by atoms with Gasteiger partial charge in [-0.1, -0.05) is 0 Å². The minimum absolute atomic E-state index is 0.261. The molecular weight excluding hydrogens is 190 g/mol. The Balaban J connectivity index is 4.06. The molecule has 0 aliphatic carbocycles. The van der Waals surface area contributed by atoms with Crippen LogP contribution in [-0.4, -0.2) is 31.4 Å². The predicted octanol–water partition coefficient (Wildman–Crippen LogP) is 0.811. The highest BCUT2D eigenvalue weighted by molar-refractivity contribution is 5.77. The van der Waals surface area contributed by atoms with Crippen LogP contribution in [0.5, 0.6) is 0 Å². The van der Waals surface area contributed by atoms with E-state index in [-0.39, 0.29) is 5.96 Å². The molecule has 0 amide bonds. The van der Waals surface area contributed by atoms with Crippen LogP contribution in [-0.2, 0) is 0 Å². The first-order chi connectivity index (χ1) is 5.90. The first-order valence-electron chi connectivity index (χ1n) is 3.60. The Morgan fingerprint density at radius 2 is 2.08 bits per heavy atom. The van der Waals surface area contributed by atoms with Gasteiger partial charge in [0, 0.05) is 6.54 Å². The standard InChI is InChI=1S/C6H11F4N3/c1-2-12-5(11)13-3-6(9,10)4(7)8/h4H,2-3H2,1H3,(H3,11,12,13). The van der Waals surface area contributed by atoms with Crippen LogP contribution in [0.25, 0.3) is 0 Å². The van der Waals surface area contributed by atoms with E-state index in [4.69, 9.17) is 5.73 Å². The molecule has 13 heavy (non-hydrogen) atoms. The lowest BCUT2D eigenvalue weighted by atomic mass is 10.3. The summed E-state index contributed by atoms with van der Waals surface area (Å²) in [6.45, 7) is 0.771. The first kappa shape index (κ1) is 12.0. The minimum Gasteiger partial charge on any atom is -0.370 e. The molecule has 0 aromatic rings. The summed E-state index contributed by atoms with van der Waals surface area (Å²) in [5.74, 6) is -4.37. The third kappa shape index (κ3) is 4.54. The van der Waals surface area contributed by atoms with Crippen molar-refractivity contribution < 1.29 is 17.6 Å². The molecule has 0 saturated carbocycles. The Kier molecular flexibility index (Phi) is 4.50. The van der Waals surface area contributed by atoms with Crippen molar-refractivity contribution in [1.29, 1.82) is 0 Å². The smallest absolute Gasteiger partial charge is 0.326 e. The zero-order valence-electron chi connectivity index (χ0n) is 7.03. The SMILES string of the molecule is CCNC(N)=NCC(F)(F)C(F)F. The average Bonchev–Trinajstić information content (AvgIpc) is 2.01. The van der Waals surface area contributed by atoms with Gasteiger partial charge in [0.15, 0.2) is 5.96 Å². The second-order valence-electron chi connectivity index (χ2n) is 2.29. The fourth-order valence-corrected chi connectivity index (χ4v) is 0.497. The molecule has 0 unspecified atom stereocenters. The van der Waals surface area contributed by atoms with Gasteiger partial charge in [-0.3, -0.25) is 0 Å². The van der Waals surface area contributed by atoms with E-state index >= 15 is 0 Å². The molecule has 78 valence electrons. The Morgan fingerprint density at radius 3 is 2.46 bits per heavy atom. The molecule has 0 spiro atoms. The molecular formula is C6H11F4N3. The first-order valence-corrected chi connectivity index (χ1v) is 3.60. The van der Waals surface area contributed by atoms with Crippen LogP contribution in [0.2, 0.25) is 0 Å². The summed E-state index contributed by atoms with van der Waals surface area (Å²) in [5, 5.41) is 2.41. The number of hydrogen-bond donors (Lipinski definition) is 2. The fraction of sp³-hybridized carbons (Fsp3) is 0.833. The maximum Gasteiger partial charge on any atom is 0.326 e. The van der Waals surface area contributed by atoms with E-state index in [1.807, 2.05) is 0 Å². The van der Waals surface area contributed by atoms with Crippen molar-refractivity contribution in [2.75, 3.05) is 13.1 Å². The molecule has 0 heterocycles. The molecule has 0 aliphatic rings. The molecule has 0 aliphatic heterocycles. The molecule has 7 heteroatoms. The van der Waals surface area contributed by atoms with Crippen LogP contribution in [0.1, 0.15) is 6.92 Å². The highest BCUT2D eigenvalue weighted by Gasteiger charge is 2.40. The summed E-state index contributed by atoms with van der Waals surface area (Å²) in [6.07, 6.45) is -3.72. The van der Waals surface area contributed by atoms with Gasteiger partial charge >= 0.3 is 12.3 Å². The number of halogens is 4. The fourth-order valence-electron chi connectivity index (χ4n) is 0.497. The highest BCUT2D eigenvalue weighted by atomic mass is 19.3. The molecule has 3 nitrogen and oxygen atoms in total. The van der Waals surface area contributed by atoms with Crippen LogP contribution in [0.4, 0.5) is 17.6 Å². The number of guanidine groups is 1. The summed E-state index contributed by atoms with van der Waals surface area (Å²) in [5.41, 5.74) is 5.05. The van der Waals surface area contributed by atoms with E-state index in [1.54, 1.807) is 6.92 Å². The van der Waals surface area contributed by atoms with Gasteiger partial charge in [0.1, 0.15) is 6.54 Å². The Morgan fingerprint density at radius 1 is 1.54 bits per heavy atom. The molecule has 0 radical (unpaired) electrons. The van der Waals surface area contributed by atoms with E-state index in [0.717, 1.165) is 0 Å². The topological polar surface area (TPSA) is 50.4 Å². The van der Waals surface area contributed by atoms with E-state index in [0.29, 0.717) is 6.54 Å². The minimum atomic E-state index is -4.11. The van der Waals surface area contributed by atoms with E-state index in [9.17, 15) is 17.6 Å². The molecule has 0 saturated heterocycles. The number of hydrogen-bond acceptors (Lipinski definition) is 1. The van der Waals surface area contributed by atoms with Crippen molar-refractivity contribution in [1.82, 2.24) is 5.32 Å². The molecule has 0 fully saturated rings. The molecule has 0 atom stereocenters. The number of alkyl halides is 4. The van der Waals surface area contributed by atoms with E-state index in [2.05, 4.69) is 10.3 Å². The van der Waals surface area contributed by atoms with Crippen molar-refractivity contribution in [2.24, 2.45) is 10.7 Å². The van der Waals surface area contributed by atoms with Crippen LogP contribution >= 0.6 is 0 Å². The monoisotopic (exact) mass is 201 g/mol. The molecule has 0 rings (SSSR count). The van der Waals surface area contributed by atoms with Gasteiger partial charge in [0.25, 0.3) is 0 Å². The second kappa shape index (κ2) is 4.88. The third-order valence-electron chi connectivity index (χ3n) is 1.14. The van der Waals surface area contributed by atoms with Gasteiger partial charge in [-0.05, 0) is 6.92 Å². The lowest BCUT2D eigenvalue weighted by Crippen LogP contribution is -2.35. The quantitative estimate of drug-likeness (QED) is 0.401. The van der Waals surface area contributed by atoms with Gasteiger partial charge in [-0.15, -0.1) is 0 Å². The van der Waals surface area contributed by atoms with Gasteiger partial charge < -0.3 is 11.1 Å². The van der Waals surface area contributed by atoms with Gasteiger partial charge in [0.05, 0.1) is 0 Å². The number of nitrogens with one attached hydrogen (secondary N) is 1.